The second-order valence-electron chi connectivity index (χ2n) is 4.59. The summed E-state index contributed by atoms with van der Waals surface area (Å²) in [5.41, 5.74) is -0.982. The molecule has 0 radical (unpaired) electrons. The molecule has 80 valence electrons. The molecule has 1 aliphatic heterocycles. The summed E-state index contributed by atoms with van der Waals surface area (Å²) in [5, 5.41) is 9.93. The molecule has 0 unspecified atom stereocenters. The van der Waals surface area contributed by atoms with E-state index in [0.717, 1.165) is 32.4 Å². The molecule has 2 aliphatic rings. The highest BCUT2D eigenvalue weighted by molar-refractivity contribution is 5.85. The van der Waals surface area contributed by atoms with E-state index in [1.165, 1.54) is 12.8 Å². The summed E-state index contributed by atoms with van der Waals surface area (Å²) in [6.07, 6.45) is 6.98. The fourth-order valence-corrected chi connectivity index (χ4v) is 2.29. The molecular formula is C11H19NO2. The van der Waals surface area contributed by atoms with Gasteiger partial charge in [-0.3, -0.25) is 4.79 Å². The SMILES string of the molecule is O=C(N1CCCCCC1)C1(O)CCC1. The molecule has 0 aromatic heterocycles. The predicted molar refractivity (Wildman–Crippen MR) is 53.8 cm³/mol. The first-order chi connectivity index (χ1) is 6.72. The van der Waals surface area contributed by atoms with Gasteiger partial charge >= 0.3 is 0 Å². The van der Waals surface area contributed by atoms with Crippen LogP contribution in [0.3, 0.4) is 0 Å². The van der Waals surface area contributed by atoms with Crippen LogP contribution in [0, 0.1) is 0 Å². The van der Waals surface area contributed by atoms with Crippen LogP contribution in [0.15, 0.2) is 0 Å². The van der Waals surface area contributed by atoms with Crippen molar-refractivity contribution < 1.29 is 9.90 Å². The normalized spacial score (nSPS) is 26.5. The fraction of sp³-hybridized carbons (Fsp3) is 0.909. The molecule has 3 nitrogen and oxygen atoms in total. The smallest absolute Gasteiger partial charge is 0.254 e. The average Bonchev–Trinajstić information content (AvgIpc) is 2.41. The molecule has 3 heteroatoms. The number of carbonyl (C=O) groups is 1. The van der Waals surface area contributed by atoms with E-state index < -0.39 is 5.60 Å². The molecule has 1 saturated heterocycles. The quantitative estimate of drug-likeness (QED) is 0.688. The number of hydrogen-bond acceptors (Lipinski definition) is 2. The first-order valence-corrected chi connectivity index (χ1v) is 5.74. The second-order valence-corrected chi connectivity index (χ2v) is 4.59. The maximum absolute atomic E-state index is 11.9. The maximum atomic E-state index is 11.9. The summed E-state index contributed by atoms with van der Waals surface area (Å²) in [7, 11) is 0. The lowest BCUT2D eigenvalue weighted by atomic mass is 9.79. The van der Waals surface area contributed by atoms with Crippen molar-refractivity contribution in [1.82, 2.24) is 4.90 Å². The van der Waals surface area contributed by atoms with Gasteiger partial charge in [0, 0.05) is 13.1 Å². The van der Waals surface area contributed by atoms with Crippen LogP contribution in [-0.4, -0.2) is 34.6 Å². The van der Waals surface area contributed by atoms with Gasteiger partial charge in [0.2, 0.25) is 0 Å². The van der Waals surface area contributed by atoms with Crippen molar-refractivity contribution in [3.8, 4) is 0 Å². The molecule has 0 aromatic carbocycles. The van der Waals surface area contributed by atoms with E-state index in [1.807, 2.05) is 4.90 Å². The Labute approximate surface area is 85.1 Å². The Hall–Kier alpha value is -0.570. The standard InChI is InChI=1S/C11H19NO2/c13-10(11(14)6-5-7-11)12-8-3-1-2-4-9-12/h14H,1-9H2. The molecule has 0 bridgehead atoms. The molecule has 1 amide bonds. The van der Waals surface area contributed by atoms with Gasteiger partial charge in [-0.1, -0.05) is 12.8 Å². The summed E-state index contributed by atoms with van der Waals surface area (Å²) in [5.74, 6) is -0.00866. The summed E-state index contributed by atoms with van der Waals surface area (Å²) >= 11 is 0. The largest absolute Gasteiger partial charge is 0.380 e. The average molecular weight is 197 g/mol. The fourth-order valence-electron chi connectivity index (χ4n) is 2.29. The van der Waals surface area contributed by atoms with Crippen LogP contribution in [-0.2, 0) is 4.79 Å². The number of rotatable bonds is 1. The van der Waals surface area contributed by atoms with E-state index in [2.05, 4.69) is 0 Å². The van der Waals surface area contributed by atoms with Crippen molar-refractivity contribution in [3.05, 3.63) is 0 Å². The third-order valence-corrected chi connectivity index (χ3v) is 3.47. The molecule has 2 fully saturated rings. The molecule has 1 aliphatic carbocycles. The topological polar surface area (TPSA) is 40.5 Å². The number of aliphatic hydroxyl groups is 1. The van der Waals surface area contributed by atoms with E-state index in [4.69, 9.17) is 0 Å². The van der Waals surface area contributed by atoms with E-state index in [0.29, 0.717) is 12.8 Å². The molecule has 14 heavy (non-hydrogen) atoms. The number of likely N-dealkylation sites (tertiary alicyclic amines) is 1. The molecule has 0 aromatic rings. The van der Waals surface area contributed by atoms with Gasteiger partial charge in [0.25, 0.3) is 5.91 Å². The van der Waals surface area contributed by atoms with Crippen LogP contribution >= 0.6 is 0 Å². The van der Waals surface area contributed by atoms with E-state index in [1.54, 1.807) is 0 Å². The van der Waals surface area contributed by atoms with Gasteiger partial charge < -0.3 is 10.0 Å². The first-order valence-electron chi connectivity index (χ1n) is 5.74. The summed E-state index contributed by atoms with van der Waals surface area (Å²) in [6.45, 7) is 1.70. The minimum atomic E-state index is -0.982. The molecule has 2 rings (SSSR count). The van der Waals surface area contributed by atoms with Crippen molar-refractivity contribution in [2.75, 3.05) is 13.1 Å². The molecule has 1 heterocycles. The second kappa shape index (κ2) is 3.89. The Morgan fingerprint density at radius 2 is 1.57 bits per heavy atom. The van der Waals surface area contributed by atoms with E-state index >= 15 is 0 Å². The molecule has 1 saturated carbocycles. The summed E-state index contributed by atoms with van der Waals surface area (Å²) < 4.78 is 0. The van der Waals surface area contributed by atoms with Crippen LogP contribution in [0.5, 0.6) is 0 Å². The molecule has 0 atom stereocenters. The lowest BCUT2D eigenvalue weighted by molar-refractivity contribution is -0.160. The number of carbonyl (C=O) groups excluding carboxylic acids is 1. The number of amides is 1. The van der Waals surface area contributed by atoms with E-state index in [9.17, 15) is 9.90 Å². The van der Waals surface area contributed by atoms with Crippen LogP contribution in [0.4, 0.5) is 0 Å². The molecular weight excluding hydrogens is 178 g/mol. The summed E-state index contributed by atoms with van der Waals surface area (Å²) in [6, 6.07) is 0. The van der Waals surface area contributed by atoms with Gasteiger partial charge in [0.05, 0.1) is 0 Å². The third kappa shape index (κ3) is 1.78. The Bertz CT molecular complexity index is 215. The van der Waals surface area contributed by atoms with Crippen molar-refractivity contribution in [2.45, 2.75) is 50.5 Å². The van der Waals surface area contributed by atoms with Crippen LogP contribution in [0.1, 0.15) is 44.9 Å². The highest BCUT2D eigenvalue weighted by Crippen LogP contribution is 2.33. The highest BCUT2D eigenvalue weighted by Gasteiger charge is 2.44. The Kier molecular flexibility index (Phi) is 2.77. The van der Waals surface area contributed by atoms with Crippen LogP contribution in [0.2, 0.25) is 0 Å². The number of nitrogens with zero attached hydrogens (tertiary/aromatic N) is 1. The van der Waals surface area contributed by atoms with Crippen LogP contribution in [0.25, 0.3) is 0 Å². The third-order valence-electron chi connectivity index (χ3n) is 3.47. The van der Waals surface area contributed by atoms with Gasteiger partial charge in [0.15, 0.2) is 0 Å². The Balaban J connectivity index is 1.95. The van der Waals surface area contributed by atoms with Gasteiger partial charge in [-0.15, -0.1) is 0 Å². The Morgan fingerprint density at radius 3 is 2.00 bits per heavy atom. The zero-order chi connectivity index (χ0) is 10.0. The lowest BCUT2D eigenvalue weighted by Gasteiger charge is -2.38. The van der Waals surface area contributed by atoms with Crippen molar-refractivity contribution in [2.24, 2.45) is 0 Å². The predicted octanol–water partition coefficient (Wildman–Crippen LogP) is 1.30. The van der Waals surface area contributed by atoms with Gasteiger partial charge in [0.1, 0.15) is 5.60 Å². The zero-order valence-corrected chi connectivity index (χ0v) is 8.67. The first kappa shape index (κ1) is 9.97. The zero-order valence-electron chi connectivity index (χ0n) is 8.67. The minimum Gasteiger partial charge on any atom is -0.380 e. The van der Waals surface area contributed by atoms with Gasteiger partial charge in [-0.05, 0) is 32.1 Å². The lowest BCUT2D eigenvalue weighted by Crippen LogP contribution is -2.53. The van der Waals surface area contributed by atoms with E-state index in [-0.39, 0.29) is 5.91 Å². The summed E-state index contributed by atoms with van der Waals surface area (Å²) in [4.78, 5) is 13.8. The van der Waals surface area contributed by atoms with Crippen molar-refractivity contribution in [1.29, 1.82) is 0 Å². The molecule has 1 N–H and O–H groups in total. The van der Waals surface area contributed by atoms with Crippen molar-refractivity contribution >= 4 is 5.91 Å². The van der Waals surface area contributed by atoms with Crippen LogP contribution < -0.4 is 0 Å². The van der Waals surface area contributed by atoms with Crippen molar-refractivity contribution in [3.63, 3.8) is 0 Å². The minimum absolute atomic E-state index is 0.00866. The molecule has 0 spiro atoms. The monoisotopic (exact) mass is 197 g/mol. The Morgan fingerprint density at radius 1 is 1.00 bits per heavy atom. The highest BCUT2D eigenvalue weighted by atomic mass is 16.3. The van der Waals surface area contributed by atoms with Gasteiger partial charge in [-0.2, -0.15) is 0 Å². The maximum Gasteiger partial charge on any atom is 0.254 e. The van der Waals surface area contributed by atoms with Gasteiger partial charge in [-0.25, -0.2) is 0 Å². The number of hydrogen-bond donors (Lipinski definition) is 1.